The van der Waals surface area contributed by atoms with E-state index in [-0.39, 0.29) is 5.91 Å². The maximum Gasteiger partial charge on any atom is 0.270 e. The Kier molecular flexibility index (Phi) is 5.43. The second kappa shape index (κ2) is 8.48. The number of carbonyl (C=O) groups excluding carboxylic acids is 1. The van der Waals surface area contributed by atoms with E-state index in [9.17, 15) is 4.79 Å². The number of aryl methyl sites for hydroxylation is 1. The SMILES string of the molecule is Cc1ccc(CNc2ncnc(NNC(=O)c3cccc4ccccc34)c2N)cc1. The summed E-state index contributed by atoms with van der Waals surface area (Å²) in [6.07, 6.45) is 1.39. The fourth-order valence-corrected chi connectivity index (χ4v) is 3.13. The van der Waals surface area contributed by atoms with Crippen molar-refractivity contribution in [2.75, 3.05) is 16.5 Å². The third-order valence-corrected chi connectivity index (χ3v) is 4.79. The molecule has 4 aromatic rings. The van der Waals surface area contributed by atoms with E-state index in [2.05, 4.69) is 38.3 Å². The number of anilines is 3. The molecule has 0 aliphatic carbocycles. The number of nitrogens with one attached hydrogen (secondary N) is 3. The van der Waals surface area contributed by atoms with Crippen molar-refractivity contribution in [3.8, 4) is 0 Å². The number of nitrogens with zero attached hydrogens (tertiary/aromatic N) is 2. The van der Waals surface area contributed by atoms with E-state index < -0.39 is 0 Å². The normalized spacial score (nSPS) is 10.6. The van der Waals surface area contributed by atoms with E-state index in [1.165, 1.54) is 11.9 Å². The first kappa shape index (κ1) is 19.2. The maximum atomic E-state index is 12.7. The molecule has 150 valence electrons. The van der Waals surface area contributed by atoms with Crippen molar-refractivity contribution in [2.45, 2.75) is 13.5 Å². The van der Waals surface area contributed by atoms with Crippen LogP contribution in [0.4, 0.5) is 17.3 Å². The number of carbonyl (C=O) groups is 1. The number of fused-ring (bicyclic) bond motifs is 1. The highest BCUT2D eigenvalue weighted by Gasteiger charge is 2.12. The molecule has 4 rings (SSSR count). The van der Waals surface area contributed by atoms with E-state index in [1.54, 1.807) is 6.07 Å². The molecule has 0 radical (unpaired) electrons. The zero-order valence-electron chi connectivity index (χ0n) is 16.5. The van der Waals surface area contributed by atoms with Crippen molar-refractivity contribution >= 4 is 34.0 Å². The summed E-state index contributed by atoms with van der Waals surface area (Å²) in [5, 5.41) is 5.07. The summed E-state index contributed by atoms with van der Waals surface area (Å²) in [6.45, 7) is 2.62. The Balaban J connectivity index is 1.45. The van der Waals surface area contributed by atoms with Gasteiger partial charge in [0.05, 0.1) is 0 Å². The molecule has 0 unspecified atom stereocenters. The summed E-state index contributed by atoms with van der Waals surface area (Å²) in [7, 11) is 0. The number of amides is 1. The lowest BCUT2D eigenvalue weighted by Crippen LogP contribution is -2.30. The lowest BCUT2D eigenvalue weighted by Gasteiger charge is -2.14. The molecule has 0 aliphatic heterocycles. The lowest BCUT2D eigenvalue weighted by atomic mass is 10.0. The molecule has 0 saturated heterocycles. The van der Waals surface area contributed by atoms with Crippen LogP contribution < -0.4 is 21.9 Å². The molecular formula is C23H22N6O. The van der Waals surface area contributed by atoms with Gasteiger partial charge < -0.3 is 11.1 Å². The Labute approximate surface area is 174 Å². The Bertz CT molecular complexity index is 1180. The van der Waals surface area contributed by atoms with Crippen molar-refractivity contribution in [3.05, 3.63) is 89.7 Å². The number of hydrogen-bond donors (Lipinski definition) is 4. The van der Waals surface area contributed by atoms with E-state index >= 15 is 0 Å². The largest absolute Gasteiger partial charge is 0.393 e. The van der Waals surface area contributed by atoms with Crippen molar-refractivity contribution < 1.29 is 4.79 Å². The van der Waals surface area contributed by atoms with Gasteiger partial charge in [-0.2, -0.15) is 0 Å². The Morgan fingerprint density at radius 2 is 1.67 bits per heavy atom. The van der Waals surface area contributed by atoms with Crippen LogP contribution in [0.25, 0.3) is 10.8 Å². The summed E-state index contributed by atoms with van der Waals surface area (Å²) in [4.78, 5) is 21.0. The quantitative estimate of drug-likeness (QED) is 0.367. The van der Waals surface area contributed by atoms with Crippen molar-refractivity contribution in [3.63, 3.8) is 0 Å². The minimum absolute atomic E-state index is 0.279. The zero-order chi connectivity index (χ0) is 20.9. The molecular weight excluding hydrogens is 376 g/mol. The van der Waals surface area contributed by atoms with Gasteiger partial charge in [-0.25, -0.2) is 9.97 Å². The van der Waals surface area contributed by atoms with Crippen molar-refractivity contribution in [1.82, 2.24) is 15.4 Å². The molecule has 5 N–H and O–H groups in total. The minimum atomic E-state index is -0.279. The molecule has 1 heterocycles. The van der Waals surface area contributed by atoms with Crippen molar-refractivity contribution in [2.24, 2.45) is 0 Å². The average Bonchev–Trinajstić information content (AvgIpc) is 2.78. The minimum Gasteiger partial charge on any atom is -0.393 e. The number of hydrogen-bond acceptors (Lipinski definition) is 6. The summed E-state index contributed by atoms with van der Waals surface area (Å²) in [5.74, 6) is 0.538. The first-order chi connectivity index (χ1) is 14.6. The van der Waals surface area contributed by atoms with Crippen LogP contribution in [0.1, 0.15) is 21.5 Å². The molecule has 0 atom stereocenters. The predicted molar refractivity (Wildman–Crippen MR) is 120 cm³/mol. The first-order valence-electron chi connectivity index (χ1n) is 9.56. The molecule has 0 fully saturated rings. The van der Waals surface area contributed by atoms with Gasteiger partial charge >= 0.3 is 0 Å². The molecule has 30 heavy (non-hydrogen) atoms. The van der Waals surface area contributed by atoms with E-state index in [0.717, 1.165) is 16.3 Å². The smallest absolute Gasteiger partial charge is 0.270 e. The molecule has 0 aliphatic rings. The highest BCUT2D eigenvalue weighted by Crippen LogP contribution is 2.23. The number of rotatable bonds is 6. The monoisotopic (exact) mass is 398 g/mol. The van der Waals surface area contributed by atoms with Crippen LogP contribution in [0.5, 0.6) is 0 Å². The van der Waals surface area contributed by atoms with Gasteiger partial charge in [-0.1, -0.05) is 66.2 Å². The fourth-order valence-electron chi connectivity index (χ4n) is 3.13. The highest BCUT2D eigenvalue weighted by atomic mass is 16.2. The van der Waals surface area contributed by atoms with E-state index in [1.807, 2.05) is 55.5 Å². The topological polar surface area (TPSA) is 105 Å². The Morgan fingerprint density at radius 1 is 0.933 bits per heavy atom. The summed E-state index contributed by atoms with van der Waals surface area (Å²) < 4.78 is 0. The molecule has 7 heteroatoms. The summed E-state index contributed by atoms with van der Waals surface area (Å²) in [5.41, 5.74) is 14.9. The third-order valence-electron chi connectivity index (χ3n) is 4.79. The number of nitrogen functional groups attached to an aromatic ring is 1. The second-order valence-electron chi connectivity index (χ2n) is 6.93. The maximum absolute atomic E-state index is 12.7. The Hall–Kier alpha value is -4.13. The molecule has 1 amide bonds. The molecule has 0 saturated carbocycles. The average molecular weight is 398 g/mol. The van der Waals surface area contributed by atoms with Crippen LogP contribution in [0.2, 0.25) is 0 Å². The van der Waals surface area contributed by atoms with Gasteiger partial charge in [0.15, 0.2) is 11.6 Å². The fraction of sp³-hybridized carbons (Fsp3) is 0.0870. The Morgan fingerprint density at radius 3 is 2.50 bits per heavy atom. The van der Waals surface area contributed by atoms with Gasteiger partial charge in [0.2, 0.25) is 0 Å². The zero-order valence-corrected chi connectivity index (χ0v) is 16.5. The number of aromatic nitrogens is 2. The van der Waals surface area contributed by atoms with Crippen LogP contribution in [-0.4, -0.2) is 15.9 Å². The number of hydrazine groups is 1. The molecule has 1 aromatic heterocycles. The van der Waals surface area contributed by atoms with Crippen LogP contribution in [0.3, 0.4) is 0 Å². The standard InChI is InChI=1S/C23H22N6O/c1-15-9-11-16(12-10-15)13-25-21-20(24)22(27-14-26-21)28-29-23(30)19-8-4-6-17-5-2-3-7-18(17)19/h2-12,14H,13,24H2,1H3,(H,29,30)(H2,25,26,27,28). The van der Waals surface area contributed by atoms with Crippen LogP contribution in [-0.2, 0) is 6.54 Å². The highest BCUT2D eigenvalue weighted by molar-refractivity contribution is 6.07. The van der Waals surface area contributed by atoms with Crippen LogP contribution >= 0.6 is 0 Å². The van der Waals surface area contributed by atoms with Gasteiger partial charge in [0.25, 0.3) is 5.91 Å². The van der Waals surface area contributed by atoms with Gasteiger partial charge in [-0.3, -0.25) is 15.6 Å². The third kappa shape index (κ3) is 4.15. The van der Waals surface area contributed by atoms with Crippen LogP contribution in [0.15, 0.2) is 73.1 Å². The van der Waals surface area contributed by atoms with E-state index in [0.29, 0.717) is 29.4 Å². The predicted octanol–water partition coefficient (Wildman–Crippen LogP) is 3.89. The van der Waals surface area contributed by atoms with Gasteiger partial charge in [0, 0.05) is 12.1 Å². The molecule has 7 nitrogen and oxygen atoms in total. The van der Waals surface area contributed by atoms with Gasteiger partial charge in [-0.05, 0) is 29.3 Å². The van der Waals surface area contributed by atoms with E-state index in [4.69, 9.17) is 5.73 Å². The van der Waals surface area contributed by atoms with Gasteiger partial charge in [-0.15, -0.1) is 0 Å². The number of benzene rings is 3. The van der Waals surface area contributed by atoms with Gasteiger partial charge in [0.1, 0.15) is 12.0 Å². The van der Waals surface area contributed by atoms with Crippen molar-refractivity contribution in [1.29, 1.82) is 0 Å². The first-order valence-corrected chi connectivity index (χ1v) is 9.56. The second-order valence-corrected chi connectivity index (χ2v) is 6.93. The van der Waals surface area contributed by atoms with Crippen LogP contribution in [0, 0.1) is 6.92 Å². The number of nitrogens with two attached hydrogens (primary N) is 1. The molecule has 3 aromatic carbocycles. The lowest BCUT2D eigenvalue weighted by molar-refractivity contribution is 0.0964. The molecule has 0 spiro atoms. The molecule has 0 bridgehead atoms. The summed E-state index contributed by atoms with van der Waals surface area (Å²) >= 11 is 0. The summed E-state index contributed by atoms with van der Waals surface area (Å²) in [6, 6.07) is 21.5.